The molecule has 62 valence electrons. The second kappa shape index (κ2) is 1.67. The van der Waals surface area contributed by atoms with Crippen LogP contribution in [-0.4, -0.2) is 0 Å². The zero-order chi connectivity index (χ0) is 7.53. The maximum Gasteiger partial charge on any atom is -0.0212 e. The van der Waals surface area contributed by atoms with Crippen LogP contribution in [0, 0.1) is 16.7 Å². The van der Waals surface area contributed by atoms with Crippen LogP contribution in [-0.2, 0) is 0 Å². The highest BCUT2D eigenvalue weighted by Gasteiger charge is 2.70. The van der Waals surface area contributed by atoms with E-state index in [1.807, 2.05) is 0 Å². The first-order valence-corrected chi connectivity index (χ1v) is 5.33. The van der Waals surface area contributed by atoms with Crippen LogP contribution >= 0.6 is 0 Å². The summed E-state index contributed by atoms with van der Waals surface area (Å²) in [5, 5.41) is 0. The number of hydrogen-bond donors (Lipinski definition) is 0. The fourth-order valence-electron chi connectivity index (χ4n) is 4.02. The van der Waals surface area contributed by atoms with Gasteiger partial charge in [-0.3, -0.25) is 0 Å². The third-order valence-electron chi connectivity index (χ3n) is 5.17. The largest absolute Gasteiger partial charge is 0.0651 e. The van der Waals surface area contributed by atoms with Gasteiger partial charge >= 0.3 is 0 Å². The summed E-state index contributed by atoms with van der Waals surface area (Å²) < 4.78 is 0. The van der Waals surface area contributed by atoms with E-state index < -0.39 is 0 Å². The van der Waals surface area contributed by atoms with Gasteiger partial charge in [0.15, 0.2) is 0 Å². The molecule has 2 spiro atoms. The van der Waals surface area contributed by atoms with E-state index in [2.05, 4.69) is 6.92 Å². The monoisotopic (exact) mass is 150 g/mol. The maximum absolute atomic E-state index is 2.39. The van der Waals surface area contributed by atoms with E-state index >= 15 is 0 Å². The maximum atomic E-state index is 2.39. The molecule has 0 radical (unpaired) electrons. The van der Waals surface area contributed by atoms with Crippen molar-refractivity contribution in [2.75, 3.05) is 0 Å². The molecule has 3 aliphatic rings. The lowest BCUT2D eigenvalue weighted by atomic mass is 9.42. The van der Waals surface area contributed by atoms with Gasteiger partial charge in [-0.15, -0.1) is 0 Å². The van der Waals surface area contributed by atoms with Gasteiger partial charge in [-0.25, -0.2) is 0 Å². The lowest BCUT2D eigenvalue weighted by Gasteiger charge is -2.63. The van der Waals surface area contributed by atoms with Gasteiger partial charge in [0.05, 0.1) is 0 Å². The van der Waals surface area contributed by atoms with E-state index in [0.29, 0.717) is 0 Å². The predicted octanol–water partition coefficient (Wildman–Crippen LogP) is 3.37. The molecule has 0 aromatic rings. The summed E-state index contributed by atoms with van der Waals surface area (Å²) in [5.74, 6) is 1.14. The topological polar surface area (TPSA) is 0 Å². The fraction of sp³-hybridized carbons (Fsp3) is 1.00. The van der Waals surface area contributed by atoms with Gasteiger partial charge in [-0.2, -0.15) is 0 Å². The molecule has 0 bridgehead atoms. The molecule has 0 N–H and O–H groups in total. The Balaban J connectivity index is 1.84. The molecule has 0 amide bonds. The minimum absolute atomic E-state index is 0.918. The SMILES string of the molecule is CCC1CCC12CCC21CC1. The van der Waals surface area contributed by atoms with Crippen LogP contribution in [0.5, 0.6) is 0 Å². The summed E-state index contributed by atoms with van der Waals surface area (Å²) in [6.45, 7) is 2.39. The minimum atomic E-state index is 0.918. The molecule has 0 saturated heterocycles. The number of hydrogen-bond acceptors (Lipinski definition) is 0. The van der Waals surface area contributed by atoms with Crippen molar-refractivity contribution in [2.45, 2.75) is 51.9 Å². The lowest BCUT2D eigenvalue weighted by molar-refractivity contribution is -0.131. The van der Waals surface area contributed by atoms with Gasteiger partial charge in [0.1, 0.15) is 0 Å². The Morgan fingerprint density at radius 1 is 1.09 bits per heavy atom. The summed E-state index contributed by atoms with van der Waals surface area (Å²) in [4.78, 5) is 0. The molecule has 0 aromatic heterocycles. The average Bonchev–Trinajstić information content (AvgIpc) is 2.63. The van der Waals surface area contributed by atoms with E-state index in [-0.39, 0.29) is 0 Å². The van der Waals surface area contributed by atoms with Gasteiger partial charge in [0.25, 0.3) is 0 Å². The highest BCUT2D eigenvalue weighted by Crippen LogP contribution is 2.80. The lowest BCUT2D eigenvalue weighted by Crippen LogP contribution is -2.54. The molecule has 0 nitrogen and oxygen atoms in total. The van der Waals surface area contributed by atoms with E-state index in [4.69, 9.17) is 0 Å². The van der Waals surface area contributed by atoms with E-state index in [1.165, 1.54) is 6.42 Å². The summed E-state index contributed by atoms with van der Waals surface area (Å²) in [7, 11) is 0. The van der Waals surface area contributed by atoms with Gasteiger partial charge in [-0.1, -0.05) is 13.3 Å². The first-order valence-electron chi connectivity index (χ1n) is 5.33. The quantitative estimate of drug-likeness (QED) is 0.537. The molecule has 0 heteroatoms. The fourth-order valence-corrected chi connectivity index (χ4v) is 4.02. The van der Waals surface area contributed by atoms with Crippen molar-refractivity contribution >= 4 is 0 Å². The average molecular weight is 150 g/mol. The Morgan fingerprint density at radius 3 is 2.09 bits per heavy atom. The van der Waals surface area contributed by atoms with Crippen LogP contribution in [0.3, 0.4) is 0 Å². The van der Waals surface area contributed by atoms with Gasteiger partial charge in [0.2, 0.25) is 0 Å². The molecule has 2 unspecified atom stereocenters. The Bertz CT molecular complexity index is 184. The zero-order valence-electron chi connectivity index (χ0n) is 7.53. The van der Waals surface area contributed by atoms with Crippen LogP contribution < -0.4 is 0 Å². The van der Waals surface area contributed by atoms with Crippen LogP contribution in [0.25, 0.3) is 0 Å². The minimum Gasteiger partial charge on any atom is -0.0651 e. The number of rotatable bonds is 1. The molecule has 3 rings (SSSR count). The number of fused-ring (bicyclic) bond motifs is 1. The van der Waals surface area contributed by atoms with Crippen LogP contribution in [0.1, 0.15) is 51.9 Å². The molecular weight excluding hydrogens is 132 g/mol. The van der Waals surface area contributed by atoms with Crippen molar-refractivity contribution in [1.29, 1.82) is 0 Å². The van der Waals surface area contributed by atoms with E-state index in [0.717, 1.165) is 16.7 Å². The molecule has 0 aromatic carbocycles. The summed E-state index contributed by atoms with van der Waals surface area (Å²) in [6.07, 6.45) is 11.0. The highest BCUT2D eigenvalue weighted by atomic mass is 14.7. The molecular formula is C11H18. The smallest absolute Gasteiger partial charge is 0.0212 e. The van der Waals surface area contributed by atoms with Crippen LogP contribution in [0.4, 0.5) is 0 Å². The second-order valence-electron chi connectivity index (χ2n) is 5.08. The predicted molar refractivity (Wildman–Crippen MR) is 46.3 cm³/mol. The summed E-state index contributed by atoms with van der Waals surface area (Å²) >= 11 is 0. The van der Waals surface area contributed by atoms with Crippen LogP contribution in [0.2, 0.25) is 0 Å². The Hall–Kier alpha value is 0. The van der Waals surface area contributed by atoms with Gasteiger partial charge in [-0.05, 0) is 55.3 Å². The molecule has 3 aliphatic carbocycles. The van der Waals surface area contributed by atoms with Crippen molar-refractivity contribution < 1.29 is 0 Å². The first-order chi connectivity index (χ1) is 5.33. The molecule has 0 heterocycles. The second-order valence-corrected chi connectivity index (χ2v) is 5.08. The third-order valence-corrected chi connectivity index (χ3v) is 5.17. The Morgan fingerprint density at radius 2 is 1.82 bits per heavy atom. The molecule has 2 atom stereocenters. The normalized spacial score (nSPS) is 50.5. The van der Waals surface area contributed by atoms with Crippen molar-refractivity contribution in [3.63, 3.8) is 0 Å². The van der Waals surface area contributed by atoms with Gasteiger partial charge in [0, 0.05) is 0 Å². The molecule has 11 heavy (non-hydrogen) atoms. The molecule has 3 fully saturated rings. The standard InChI is InChI=1S/C11H18/c1-2-9-3-4-11(9)8-7-10(11)5-6-10/h9H,2-8H2,1H3. The summed E-state index contributed by atoms with van der Waals surface area (Å²) in [5.41, 5.74) is 1.85. The molecule has 3 saturated carbocycles. The van der Waals surface area contributed by atoms with E-state index in [9.17, 15) is 0 Å². The van der Waals surface area contributed by atoms with Crippen LogP contribution in [0.15, 0.2) is 0 Å². The third kappa shape index (κ3) is 0.522. The van der Waals surface area contributed by atoms with E-state index in [1.54, 1.807) is 38.5 Å². The van der Waals surface area contributed by atoms with Crippen molar-refractivity contribution in [3.05, 3.63) is 0 Å². The first kappa shape index (κ1) is 6.51. The van der Waals surface area contributed by atoms with Crippen molar-refractivity contribution in [2.24, 2.45) is 16.7 Å². The van der Waals surface area contributed by atoms with Crippen molar-refractivity contribution in [1.82, 2.24) is 0 Å². The Labute approximate surface area is 69.4 Å². The zero-order valence-corrected chi connectivity index (χ0v) is 7.53. The Kier molecular flexibility index (Phi) is 0.990. The van der Waals surface area contributed by atoms with Gasteiger partial charge < -0.3 is 0 Å². The highest BCUT2D eigenvalue weighted by molar-refractivity contribution is 5.20. The summed E-state index contributed by atoms with van der Waals surface area (Å²) in [6, 6.07) is 0. The van der Waals surface area contributed by atoms with Crippen molar-refractivity contribution in [3.8, 4) is 0 Å². The molecule has 0 aliphatic heterocycles.